The summed E-state index contributed by atoms with van der Waals surface area (Å²) in [7, 11) is -11.2. The minimum atomic E-state index is -4.44. The fourth-order valence-corrected chi connectivity index (χ4v) is 8.00. The molecule has 0 N–H and O–H groups in total. The third-order valence-corrected chi connectivity index (χ3v) is 9.51. The van der Waals surface area contributed by atoms with Crippen molar-refractivity contribution in [3.05, 3.63) is 53.1 Å². The quantitative estimate of drug-likeness (QED) is 0.377. The zero-order valence-corrected chi connectivity index (χ0v) is 23.1. The highest BCUT2D eigenvalue weighted by Crippen LogP contribution is 2.40. The summed E-state index contributed by atoms with van der Waals surface area (Å²) in [6.07, 6.45) is 2.22. The second-order valence-corrected chi connectivity index (χ2v) is 14.4. The van der Waals surface area contributed by atoms with Crippen LogP contribution in [0, 0.1) is 0 Å². The molecule has 0 aliphatic carbocycles. The Balaban J connectivity index is 2.25. The number of methoxy groups -OCH3 is 1. The van der Waals surface area contributed by atoms with Crippen LogP contribution < -0.4 is 13.2 Å². The van der Waals surface area contributed by atoms with Crippen LogP contribution in [0.5, 0.6) is 11.5 Å². The van der Waals surface area contributed by atoms with E-state index in [0.29, 0.717) is 23.2 Å². The van der Waals surface area contributed by atoms with Crippen molar-refractivity contribution < 1.29 is 44.3 Å². The molecular weight excluding hydrogens is 548 g/mol. The lowest BCUT2D eigenvalue weighted by Gasteiger charge is -2.27. The summed E-state index contributed by atoms with van der Waals surface area (Å²) in [4.78, 5) is 27.8. The second kappa shape index (κ2) is 9.95. The van der Waals surface area contributed by atoms with Gasteiger partial charge in [-0.25, -0.2) is 25.3 Å². The van der Waals surface area contributed by atoms with Crippen molar-refractivity contribution in [3.8, 4) is 11.5 Å². The van der Waals surface area contributed by atoms with E-state index in [1.165, 1.54) is 37.4 Å². The largest absolute Gasteiger partial charge is 0.493 e. The maximum absolute atomic E-state index is 13.7. The number of nitrogens with zero attached hydrogens (tertiary/aromatic N) is 2. The van der Waals surface area contributed by atoms with Crippen molar-refractivity contribution >= 4 is 47.4 Å². The van der Waals surface area contributed by atoms with Gasteiger partial charge in [0.15, 0.2) is 11.5 Å². The summed E-state index contributed by atoms with van der Waals surface area (Å²) in [6, 6.07) is 6.63. The minimum absolute atomic E-state index is 0.0691. The Kier molecular flexibility index (Phi) is 7.63. The summed E-state index contributed by atoms with van der Waals surface area (Å²) in [5.41, 5.74) is -1.04. The number of ether oxygens (including phenoxy) is 2. The lowest BCUT2D eigenvalue weighted by molar-refractivity contribution is 0.0597. The van der Waals surface area contributed by atoms with Gasteiger partial charge in [0.1, 0.15) is 9.84 Å². The second-order valence-electron chi connectivity index (χ2n) is 8.35. The van der Waals surface area contributed by atoms with Crippen LogP contribution in [0.4, 0.5) is 5.69 Å². The van der Waals surface area contributed by atoms with E-state index in [-0.39, 0.29) is 27.2 Å². The SMILES string of the molecule is CCOc1cc(C(CS(C)(=O)=O)N2C(=O)c3cccc(N(S(C)(=O)=O)S(C)(=O)=O)c3C2=O)ccc1OC. The molecule has 2 amide bonds. The Labute approximate surface area is 215 Å². The molecular formula is C22H26N2O10S3. The molecule has 0 saturated heterocycles. The molecule has 1 atom stereocenters. The van der Waals surface area contributed by atoms with Gasteiger partial charge in [0.2, 0.25) is 20.0 Å². The molecule has 37 heavy (non-hydrogen) atoms. The zero-order valence-electron chi connectivity index (χ0n) is 20.7. The molecule has 15 heteroatoms. The van der Waals surface area contributed by atoms with Crippen molar-refractivity contribution in [3.63, 3.8) is 0 Å². The molecule has 12 nitrogen and oxygen atoms in total. The van der Waals surface area contributed by atoms with Crippen LogP contribution in [0.15, 0.2) is 36.4 Å². The van der Waals surface area contributed by atoms with E-state index >= 15 is 0 Å². The standard InChI is InChI=1S/C22H26N2O10S3/c1-6-34-19-12-14(10-11-18(19)33-2)17(13-35(3,27)28)23-21(25)15-8-7-9-16(20(15)22(23)26)24(36(4,29)30)37(5,31)32/h7-12,17H,6,13H2,1-5H3. The molecule has 0 spiro atoms. The van der Waals surface area contributed by atoms with E-state index in [4.69, 9.17) is 9.47 Å². The van der Waals surface area contributed by atoms with Crippen LogP contribution in [0.1, 0.15) is 39.2 Å². The van der Waals surface area contributed by atoms with E-state index < -0.39 is 64.7 Å². The monoisotopic (exact) mass is 574 g/mol. The molecule has 0 radical (unpaired) electrons. The Morgan fingerprint density at radius 2 is 1.51 bits per heavy atom. The Morgan fingerprint density at radius 3 is 2.03 bits per heavy atom. The smallest absolute Gasteiger partial charge is 0.264 e. The summed E-state index contributed by atoms with van der Waals surface area (Å²) in [5, 5.41) is 0. The third-order valence-electron chi connectivity index (χ3n) is 5.37. The number of sulfonamides is 2. The van der Waals surface area contributed by atoms with Gasteiger partial charge in [0, 0.05) is 6.26 Å². The minimum Gasteiger partial charge on any atom is -0.493 e. The van der Waals surface area contributed by atoms with Gasteiger partial charge < -0.3 is 9.47 Å². The predicted octanol–water partition coefficient (Wildman–Crippen LogP) is 1.20. The van der Waals surface area contributed by atoms with Crippen LogP contribution in [0.2, 0.25) is 0 Å². The van der Waals surface area contributed by atoms with Crippen LogP contribution in [0.3, 0.4) is 0 Å². The maximum atomic E-state index is 13.7. The van der Waals surface area contributed by atoms with Crippen molar-refractivity contribution in [2.45, 2.75) is 13.0 Å². The van der Waals surface area contributed by atoms with Gasteiger partial charge in [-0.3, -0.25) is 14.5 Å². The molecule has 0 saturated carbocycles. The fraction of sp³-hybridized carbons (Fsp3) is 0.364. The van der Waals surface area contributed by atoms with Crippen LogP contribution in [0.25, 0.3) is 0 Å². The van der Waals surface area contributed by atoms with Crippen molar-refractivity contribution in [2.24, 2.45) is 0 Å². The first kappa shape index (κ1) is 28.4. The molecule has 0 aromatic heterocycles. The number of fused-ring (bicyclic) bond motifs is 1. The first-order valence-electron chi connectivity index (χ1n) is 10.7. The molecule has 1 aliphatic rings. The number of sulfone groups is 1. The first-order valence-corrected chi connectivity index (χ1v) is 16.5. The fourth-order valence-electron chi connectivity index (χ4n) is 4.10. The summed E-state index contributed by atoms with van der Waals surface area (Å²) >= 11 is 0. The Hall–Kier alpha value is -3.17. The molecule has 1 aliphatic heterocycles. The number of rotatable bonds is 10. The highest BCUT2D eigenvalue weighted by molar-refractivity contribution is 8.09. The molecule has 2 aromatic carbocycles. The number of anilines is 1. The van der Waals surface area contributed by atoms with Crippen molar-refractivity contribution in [1.29, 1.82) is 0 Å². The molecule has 1 unspecified atom stereocenters. The number of imide groups is 1. The van der Waals surface area contributed by atoms with E-state index in [1.54, 1.807) is 6.92 Å². The first-order chi connectivity index (χ1) is 17.0. The number of hydrogen-bond acceptors (Lipinski definition) is 10. The molecule has 0 fully saturated rings. The number of benzene rings is 2. The summed E-state index contributed by atoms with van der Waals surface area (Å²) in [6.45, 7) is 1.97. The third kappa shape index (κ3) is 5.72. The van der Waals surface area contributed by atoms with Crippen LogP contribution >= 0.6 is 0 Å². The van der Waals surface area contributed by atoms with Gasteiger partial charge in [0.25, 0.3) is 11.8 Å². The van der Waals surface area contributed by atoms with Crippen molar-refractivity contribution in [2.75, 3.05) is 41.9 Å². The van der Waals surface area contributed by atoms with Gasteiger partial charge in [-0.05, 0) is 36.8 Å². The number of hydrogen-bond donors (Lipinski definition) is 0. The normalized spacial score (nSPS) is 14.9. The van der Waals surface area contributed by atoms with E-state index in [1.807, 2.05) is 0 Å². The molecule has 0 bridgehead atoms. The average Bonchev–Trinajstić information content (AvgIpc) is 3.00. The molecule has 202 valence electrons. The van der Waals surface area contributed by atoms with E-state index in [0.717, 1.165) is 12.3 Å². The lowest BCUT2D eigenvalue weighted by Crippen LogP contribution is -2.39. The summed E-state index contributed by atoms with van der Waals surface area (Å²) in [5.74, 6) is -2.03. The summed E-state index contributed by atoms with van der Waals surface area (Å²) < 4.78 is 85.1. The maximum Gasteiger partial charge on any atom is 0.264 e. The highest BCUT2D eigenvalue weighted by Gasteiger charge is 2.45. The number of carbonyl (C=O) groups excluding carboxylic acids is 2. The predicted molar refractivity (Wildman–Crippen MR) is 136 cm³/mol. The Bertz CT molecular complexity index is 1550. The van der Waals surface area contributed by atoms with Crippen LogP contribution in [-0.2, 0) is 29.9 Å². The Morgan fingerprint density at radius 1 is 0.892 bits per heavy atom. The van der Waals surface area contributed by atoms with Gasteiger partial charge in [0.05, 0.1) is 54.8 Å². The van der Waals surface area contributed by atoms with E-state index in [2.05, 4.69) is 0 Å². The molecule has 1 heterocycles. The average molecular weight is 575 g/mol. The number of amides is 2. The van der Waals surface area contributed by atoms with Gasteiger partial charge in [-0.15, -0.1) is 0 Å². The van der Waals surface area contributed by atoms with Crippen molar-refractivity contribution in [1.82, 2.24) is 4.90 Å². The topological polar surface area (TPSA) is 161 Å². The van der Waals surface area contributed by atoms with Gasteiger partial charge in [-0.1, -0.05) is 12.1 Å². The lowest BCUT2D eigenvalue weighted by atomic mass is 10.1. The molecule has 2 aromatic rings. The number of carbonyl (C=O) groups is 2. The molecule has 3 rings (SSSR count). The highest BCUT2D eigenvalue weighted by atomic mass is 32.3. The van der Waals surface area contributed by atoms with E-state index in [9.17, 15) is 34.8 Å². The zero-order chi connectivity index (χ0) is 27.9. The van der Waals surface area contributed by atoms with Gasteiger partial charge in [-0.2, -0.15) is 3.71 Å². The van der Waals surface area contributed by atoms with Gasteiger partial charge >= 0.3 is 0 Å². The van der Waals surface area contributed by atoms with Crippen LogP contribution in [-0.4, -0.2) is 80.2 Å².